The maximum absolute atomic E-state index is 12.5. The Morgan fingerprint density at radius 1 is 0.850 bits per heavy atom. The molecule has 0 radical (unpaired) electrons. The molecule has 0 saturated carbocycles. The summed E-state index contributed by atoms with van der Waals surface area (Å²) in [6.45, 7) is 0. The summed E-state index contributed by atoms with van der Waals surface area (Å²) in [5, 5.41) is 0. The minimum Gasteiger partial charge on any atom is -0.290 e. The minimum absolute atomic E-state index is 0.572. The first-order valence-corrected chi connectivity index (χ1v) is 6.18. The number of alkyl halides is 3. The van der Waals surface area contributed by atoms with Crippen LogP contribution in [0.25, 0.3) is 0 Å². The lowest BCUT2D eigenvalue weighted by Gasteiger charge is -2.18. The molecule has 20 heavy (non-hydrogen) atoms. The second-order valence-corrected chi connectivity index (χ2v) is 4.50. The average molecular weight is 278 g/mol. The molecule has 0 aliphatic carbocycles. The Bertz CT molecular complexity index is 522. The fraction of sp³-hybridized carbons (Fsp3) is 0.188. The third-order valence-electron chi connectivity index (χ3n) is 3.11. The van der Waals surface area contributed by atoms with Crippen molar-refractivity contribution >= 4 is 5.78 Å². The highest BCUT2D eigenvalue weighted by Crippen LogP contribution is 2.31. The Labute approximate surface area is 115 Å². The number of hydrogen-bond acceptors (Lipinski definition) is 1. The quantitative estimate of drug-likeness (QED) is 0.813. The van der Waals surface area contributed by atoms with E-state index in [9.17, 15) is 18.0 Å². The van der Waals surface area contributed by atoms with Crippen molar-refractivity contribution in [1.82, 2.24) is 0 Å². The molecular weight excluding hydrogens is 265 g/mol. The number of ketones is 1. The third-order valence-corrected chi connectivity index (χ3v) is 3.11. The smallest absolute Gasteiger partial charge is 0.290 e. The molecule has 0 fully saturated rings. The lowest BCUT2D eigenvalue weighted by atomic mass is 9.87. The van der Waals surface area contributed by atoms with Crippen LogP contribution in [0, 0.1) is 0 Å². The van der Waals surface area contributed by atoms with Crippen LogP contribution >= 0.6 is 0 Å². The van der Waals surface area contributed by atoms with Crippen molar-refractivity contribution in [2.24, 2.45) is 0 Å². The third kappa shape index (κ3) is 3.47. The Morgan fingerprint density at radius 2 is 1.25 bits per heavy atom. The lowest BCUT2D eigenvalue weighted by molar-refractivity contribution is -0.171. The van der Waals surface area contributed by atoms with Crippen molar-refractivity contribution in [2.75, 3.05) is 0 Å². The van der Waals surface area contributed by atoms with Crippen molar-refractivity contribution in [3.05, 3.63) is 71.8 Å². The van der Waals surface area contributed by atoms with Gasteiger partial charge in [0, 0.05) is 12.3 Å². The van der Waals surface area contributed by atoms with E-state index in [2.05, 4.69) is 0 Å². The Morgan fingerprint density at radius 3 is 1.60 bits per heavy atom. The molecule has 0 bridgehead atoms. The van der Waals surface area contributed by atoms with Crippen molar-refractivity contribution in [3.8, 4) is 0 Å². The van der Waals surface area contributed by atoms with E-state index in [-0.39, 0.29) is 0 Å². The molecule has 4 heteroatoms. The topological polar surface area (TPSA) is 17.1 Å². The van der Waals surface area contributed by atoms with Gasteiger partial charge in [0.05, 0.1) is 0 Å². The van der Waals surface area contributed by atoms with E-state index in [0.717, 1.165) is 0 Å². The second-order valence-electron chi connectivity index (χ2n) is 4.50. The summed E-state index contributed by atoms with van der Waals surface area (Å²) in [5.41, 5.74) is 1.41. The van der Waals surface area contributed by atoms with E-state index in [0.29, 0.717) is 11.1 Å². The van der Waals surface area contributed by atoms with Gasteiger partial charge in [0.15, 0.2) is 0 Å². The van der Waals surface area contributed by atoms with Crippen molar-refractivity contribution in [3.63, 3.8) is 0 Å². The molecule has 0 amide bonds. The summed E-state index contributed by atoms with van der Waals surface area (Å²) >= 11 is 0. The average Bonchev–Trinajstić information content (AvgIpc) is 2.45. The Balaban J connectivity index is 2.34. The molecule has 104 valence electrons. The number of carbonyl (C=O) groups is 1. The summed E-state index contributed by atoms with van der Waals surface area (Å²) < 4.78 is 37.5. The van der Waals surface area contributed by atoms with Crippen molar-refractivity contribution in [2.45, 2.75) is 18.5 Å². The van der Waals surface area contributed by atoms with Gasteiger partial charge in [-0.15, -0.1) is 0 Å². The van der Waals surface area contributed by atoms with Gasteiger partial charge in [0.25, 0.3) is 0 Å². The molecule has 0 saturated heterocycles. The van der Waals surface area contributed by atoms with E-state index in [1.807, 2.05) is 0 Å². The highest BCUT2D eigenvalue weighted by molar-refractivity contribution is 5.85. The van der Waals surface area contributed by atoms with Crippen LogP contribution in [-0.2, 0) is 4.79 Å². The van der Waals surface area contributed by atoms with Gasteiger partial charge in [-0.1, -0.05) is 60.7 Å². The van der Waals surface area contributed by atoms with Gasteiger partial charge in [-0.2, -0.15) is 13.2 Å². The predicted octanol–water partition coefficient (Wildman–Crippen LogP) is 4.34. The number of hydrogen-bond donors (Lipinski definition) is 0. The van der Waals surface area contributed by atoms with Gasteiger partial charge >= 0.3 is 6.18 Å². The first-order chi connectivity index (χ1) is 9.48. The molecule has 2 rings (SSSR count). The molecule has 0 spiro atoms. The number of Topliss-reactive ketones (excluding diaryl/α,β-unsaturated/α-hetero) is 1. The van der Waals surface area contributed by atoms with E-state index < -0.39 is 24.3 Å². The molecule has 2 aromatic rings. The largest absolute Gasteiger partial charge is 0.450 e. The van der Waals surface area contributed by atoms with Gasteiger partial charge in [-0.25, -0.2) is 0 Å². The molecule has 0 unspecified atom stereocenters. The van der Waals surface area contributed by atoms with E-state index >= 15 is 0 Å². The normalized spacial score (nSPS) is 11.6. The molecular formula is C16H13F3O. The number of rotatable bonds is 4. The van der Waals surface area contributed by atoms with Crippen LogP contribution in [0.5, 0.6) is 0 Å². The maximum atomic E-state index is 12.5. The number of halogens is 3. The van der Waals surface area contributed by atoms with Crippen molar-refractivity contribution in [1.29, 1.82) is 0 Å². The van der Waals surface area contributed by atoms with Crippen LogP contribution < -0.4 is 0 Å². The highest BCUT2D eigenvalue weighted by atomic mass is 19.4. The standard InChI is InChI=1S/C16H13F3O/c17-16(18,19)15(20)11-14(12-7-3-1-4-8-12)13-9-5-2-6-10-13/h1-10,14H,11H2. The minimum atomic E-state index is -4.79. The molecule has 2 aromatic carbocycles. The molecule has 0 N–H and O–H groups in total. The van der Waals surface area contributed by atoms with Gasteiger partial charge in [-0.3, -0.25) is 4.79 Å². The molecule has 1 nitrogen and oxygen atoms in total. The van der Waals surface area contributed by atoms with Gasteiger partial charge < -0.3 is 0 Å². The molecule has 0 aliphatic rings. The predicted molar refractivity (Wildman–Crippen MR) is 70.4 cm³/mol. The SMILES string of the molecule is O=C(CC(c1ccccc1)c1ccccc1)C(F)(F)F. The maximum Gasteiger partial charge on any atom is 0.450 e. The summed E-state index contributed by atoms with van der Waals surface area (Å²) in [5.74, 6) is -2.28. The summed E-state index contributed by atoms with van der Waals surface area (Å²) in [6.07, 6.45) is -5.36. The summed E-state index contributed by atoms with van der Waals surface area (Å²) in [4.78, 5) is 11.3. The van der Waals surface area contributed by atoms with E-state index in [4.69, 9.17) is 0 Å². The molecule has 0 heterocycles. The van der Waals surface area contributed by atoms with Crippen LogP contribution in [0.3, 0.4) is 0 Å². The number of benzene rings is 2. The van der Waals surface area contributed by atoms with Crippen LogP contribution in [0.1, 0.15) is 23.5 Å². The van der Waals surface area contributed by atoms with Gasteiger partial charge in [-0.05, 0) is 11.1 Å². The zero-order chi connectivity index (χ0) is 14.6. The second kappa shape index (κ2) is 5.90. The zero-order valence-corrected chi connectivity index (χ0v) is 10.6. The first-order valence-electron chi connectivity index (χ1n) is 6.18. The Hall–Kier alpha value is -2.10. The van der Waals surface area contributed by atoms with E-state index in [1.54, 1.807) is 60.7 Å². The molecule has 0 atom stereocenters. The van der Waals surface area contributed by atoms with Gasteiger partial charge in [0.1, 0.15) is 0 Å². The van der Waals surface area contributed by atoms with Crippen LogP contribution in [0.15, 0.2) is 60.7 Å². The number of carbonyl (C=O) groups excluding carboxylic acids is 1. The monoisotopic (exact) mass is 278 g/mol. The summed E-state index contributed by atoms with van der Waals surface area (Å²) in [6, 6.07) is 17.5. The lowest BCUT2D eigenvalue weighted by Crippen LogP contribution is -2.25. The highest BCUT2D eigenvalue weighted by Gasteiger charge is 2.39. The summed E-state index contributed by atoms with van der Waals surface area (Å²) in [7, 11) is 0. The van der Waals surface area contributed by atoms with Crippen molar-refractivity contribution < 1.29 is 18.0 Å². The fourth-order valence-electron chi connectivity index (χ4n) is 2.10. The fourth-order valence-corrected chi connectivity index (χ4v) is 2.10. The van der Waals surface area contributed by atoms with Gasteiger partial charge in [0.2, 0.25) is 5.78 Å². The van der Waals surface area contributed by atoms with Crippen LogP contribution in [-0.4, -0.2) is 12.0 Å². The zero-order valence-electron chi connectivity index (χ0n) is 10.6. The van der Waals surface area contributed by atoms with Crippen LogP contribution in [0.2, 0.25) is 0 Å². The van der Waals surface area contributed by atoms with E-state index in [1.165, 1.54) is 0 Å². The molecule has 0 aromatic heterocycles. The molecule has 0 aliphatic heterocycles. The first kappa shape index (κ1) is 14.3. The Kier molecular flexibility index (Phi) is 4.23. The van der Waals surface area contributed by atoms with Crippen LogP contribution in [0.4, 0.5) is 13.2 Å².